The van der Waals surface area contributed by atoms with Crippen LogP contribution in [0.2, 0.25) is 0 Å². The minimum Gasteiger partial charge on any atom is -0.481 e. The minimum atomic E-state index is -1.05. The molecule has 2 amide bonds. The van der Waals surface area contributed by atoms with Gasteiger partial charge in [-0.15, -0.1) is 0 Å². The van der Waals surface area contributed by atoms with Gasteiger partial charge in [-0.3, -0.25) is 14.6 Å². The third-order valence-electron chi connectivity index (χ3n) is 5.82. The zero-order chi connectivity index (χ0) is 23.9. The number of carboxylic acid groups (broad SMARTS) is 1. The van der Waals surface area contributed by atoms with Gasteiger partial charge < -0.3 is 20.5 Å². The van der Waals surface area contributed by atoms with Crippen LogP contribution >= 0.6 is 0 Å². The van der Waals surface area contributed by atoms with E-state index in [0.717, 1.165) is 27.8 Å². The number of carbonyl (C=O) groups is 3. The Kier molecular flexibility index (Phi) is 7.17. The molecule has 0 saturated heterocycles. The van der Waals surface area contributed by atoms with Gasteiger partial charge in [0.1, 0.15) is 12.6 Å². The highest BCUT2D eigenvalue weighted by Crippen LogP contribution is 2.44. The van der Waals surface area contributed by atoms with Crippen LogP contribution in [0.25, 0.3) is 11.1 Å². The average Bonchev–Trinajstić information content (AvgIpc) is 3.18. The third kappa shape index (κ3) is 5.40. The lowest BCUT2D eigenvalue weighted by Gasteiger charge is -2.19. The van der Waals surface area contributed by atoms with Crippen LogP contribution in [0, 0.1) is 0 Å². The first-order valence-electron chi connectivity index (χ1n) is 11.0. The molecule has 1 heterocycles. The van der Waals surface area contributed by atoms with E-state index >= 15 is 0 Å². The number of ether oxygens (including phenoxy) is 1. The van der Waals surface area contributed by atoms with Crippen LogP contribution < -0.4 is 10.6 Å². The highest BCUT2D eigenvalue weighted by atomic mass is 16.5. The van der Waals surface area contributed by atoms with Gasteiger partial charge in [0.25, 0.3) is 0 Å². The van der Waals surface area contributed by atoms with Gasteiger partial charge in [0.15, 0.2) is 0 Å². The Morgan fingerprint density at radius 2 is 1.56 bits per heavy atom. The Hall–Kier alpha value is -4.20. The standard InChI is InChI=1S/C26H25N3O5/c30-24(31)10-9-23(25(32)28-15-17-11-13-27-14-12-17)29-26(33)34-16-22-20-7-3-1-5-18(20)19-6-2-4-8-21(19)22/h1-8,11-14,22-23H,9-10,15-16H2,(H,28,32)(H,29,33)(H,30,31)/t23-/m0/s1. The summed E-state index contributed by atoms with van der Waals surface area (Å²) in [4.78, 5) is 40.2. The molecule has 34 heavy (non-hydrogen) atoms. The van der Waals surface area contributed by atoms with E-state index in [9.17, 15) is 14.4 Å². The quantitative estimate of drug-likeness (QED) is 0.451. The molecule has 0 fully saturated rings. The average molecular weight is 460 g/mol. The predicted octanol–water partition coefficient (Wildman–Crippen LogP) is 3.47. The van der Waals surface area contributed by atoms with Crippen LogP contribution in [0.4, 0.5) is 4.79 Å². The van der Waals surface area contributed by atoms with Crippen LogP contribution in [-0.2, 0) is 20.9 Å². The Morgan fingerprint density at radius 3 is 2.18 bits per heavy atom. The summed E-state index contributed by atoms with van der Waals surface area (Å²) in [5, 5.41) is 14.3. The lowest BCUT2D eigenvalue weighted by Crippen LogP contribution is -2.47. The maximum atomic E-state index is 12.7. The second kappa shape index (κ2) is 10.6. The maximum Gasteiger partial charge on any atom is 0.407 e. The molecule has 8 heteroatoms. The third-order valence-corrected chi connectivity index (χ3v) is 5.82. The van der Waals surface area contributed by atoms with Crippen molar-refractivity contribution < 1.29 is 24.2 Å². The van der Waals surface area contributed by atoms with Gasteiger partial charge in [-0.1, -0.05) is 48.5 Å². The van der Waals surface area contributed by atoms with Crippen molar-refractivity contribution in [3.05, 3.63) is 89.7 Å². The SMILES string of the molecule is O=C(O)CC[C@H](NC(=O)OCC1c2ccccc2-c2ccccc21)C(=O)NCc1ccncc1. The second-order valence-corrected chi connectivity index (χ2v) is 8.03. The molecule has 0 radical (unpaired) electrons. The molecule has 1 aliphatic rings. The van der Waals surface area contributed by atoms with E-state index < -0.39 is 24.0 Å². The highest BCUT2D eigenvalue weighted by Gasteiger charge is 2.30. The first-order chi connectivity index (χ1) is 16.5. The van der Waals surface area contributed by atoms with E-state index in [-0.39, 0.29) is 31.9 Å². The fourth-order valence-electron chi connectivity index (χ4n) is 4.13. The van der Waals surface area contributed by atoms with Crippen molar-refractivity contribution in [2.75, 3.05) is 6.61 Å². The van der Waals surface area contributed by atoms with Crippen molar-refractivity contribution in [1.29, 1.82) is 0 Å². The van der Waals surface area contributed by atoms with Crippen LogP contribution in [0.5, 0.6) is 0 Å². The fourth-order valence-corrected chi connectivity index (χ4v) is 4.13. The van der Waals surface area contributed by atoms with Gasteiger partial charge >= 0.3 is 12.1 Å². The number of aromatic nitrogens is 1. The lowest BCUT2D eigenvalue weighted by atomic mass is 9.98. The number of benzene rings is 2. The molecule has 2 aromatic carbocycles. The number of pyridine rings is 1. The zero-order valence-corrected chi connectivity index (χ0v) is 18.4. The van der Waals surface area contributed by atoms with Crippen molar-refractivity contribution in [3.63, 3.8) is 0 Å². The van der Waals surface area contributed by atoms with E-state index in [4.69, 9.17) is 9.84 Å². The number of alkyl carbamates (subject to hydrolysis) is 1. The van der Waals surface area contributed by atoms with Gasteiger partial charge in [0, 0.05) is 31.3 Å². The molecule has 0 saturated carbocycles. The number of nitrogens with one attached hydrogen (secondary N) is 2. The van der Waals surface area contributed by atoms with E-state index in [1.165, 1.54) is 0 Å². The number of hydrogen-bond donors (Lipinski definition) is 3. The molecule has 0 aliphatic heterocycles. The van der Waals surface area contributed by atoms with Crippen LogP contribution in [0.1, 0.15) is 35.4 Å². The van der Waals surface area contributed by atoms with E-state index in [0.29, 0.717) is 0 Å². The summed E-state index contributed by atoms with van der Waals surface area (Å²) in [5.74, 6) is -1.65. The molecular formula is C26H25N3O5. The molecule has 0 spiro atoms. The van der Waals surface area contributed by atoms with Crippen LogP contribution in [0.3, 0.4) is 0 Å². The summed E-state index contributed by atoms with van der Waals surface area (Å²) in [5.41, 5.74) is 5.22. The van der Waals surface area contributed by atoms with E-state index in [2.05, 4.69) is 15.6 Å². The van der Waals surface area contributed by atoms with Gasteiger partial charge in [0.2, 0.25) is 5.91 Å². The summed E-state index contributed by atoms with van der Waals surface area (Å²) in [6, 6.07) is 18.5. The van der Waals surface area contributed by atoms with Gasteiger partial charge in [-0.25, -0.2) is 4.79 Å². The Labute approximate surface area is 197 Å². The number of carbonyl (C=O) groups excluding carboxylic acids is 2. The number of rotatable bonds is 9. The largest absolute Gasteiger partial charge is 0.481 e. The predicted molar refractivity (Wildman–Crippen MR) is 125 cm³/mol. The Balaban J connectivity index is 1.39. The second-order valence-electron chi connectivity index (χ2n) is 8.03. The summed E-state index contributed by atoms with van der Waals surface area (Å²) in [6.07, 6.45) is 2.13. The van der Waals surface area contributed by atoms with E-state index in [1.807, 2.05) is 48.5 Å². The summed E-state index contributed by atoms with van der Waals surface area (Å²) < 4.78 is 5.50. The smallest absolute Gasteiger partial charge is 0.407 e. The van der Waals surface area contributed by atoms with Gasteiger partial charge in [-0.2, -0.15) is 0 Å². The van der Waals surface area contributed by atoms with Crippen molar-refractivity contribution in [3.8, 4) is 11.1 Å². The molecular weight excluding hydrogens is 434 g/mol. The topological polar surface area (TPSA) is 118 Å². The lowest BCUT2D eigenvalue weighted by molar-refractivity contribution is -0.137. The molecule has 0 unspecified atom stereocenters. The minimum absolute atomic E-state index is 0.0539. The van der Waals surface area contributed by atoms with Crippen molar-refractivity contribution in [2.24, 2.45) is 0 Å². The molecule has 3 aromatic rings. The number of nitrogens with zero attached hydrogens (tertiary/aromatic N) is 1. The van der Waals surface area contributed by atoms with Crippen molar-refractivity contribution in [2.45, 2.75) is 31.3 Å². The normalized spacial score (nSPS) is 12.8. The molecule has 4 rings (SSSR count). The molecule has 0 bridgehead atoms. The molecule has 8 nitrogen and oxygen atoms in total. The molecule has 3 N–H and O–H groups in total. The zero-order valence-electron chi connectivity index (χ0n) is 18.4. The number of carboxylic acids is 1. The highest BCUT2D eigenvalue weighted by molar-refractivity contribution is 5.86. The molecule has 1 aromatic heterocycles. The molecule has 174 valence electrons. The first kappa shape index (κ1) is 23.0. The van der Waals surface area contributed by atoms with Crippen molar-refractivity contribution >= 4 is 18.0 Å². The summed E-state index contributed by atoms with van der Waals surface area (Å²) in [6.45, 7) is 0.335. The Morgan fingerprint density at radius 1 is 0.941 bits per heavy atom. The number of fused-ring (bicyclic) bond motifs is 3. The number of hydrogen-bond acceptors (Lipinski definition) is 5. The number of amides is 2. The molecule has 1 atom stereocenters. The van der Waals surface area contributed by atoms with Gasteiger partial charge in [-0.05, 0) is 46.4 Å². The Bertz CT molecular complexity index is 1140. The number of aliphatic carboxylic acids is 1. The van der Waals surface area contributed by atoms with Crippen molar-refractivity contribution in [1.82, 2.24) is 15.6 Å². The maximum absolute atomic E-state index is 12.7. The molecule has 1 aliphatic carbocycles. The fraction of sp³-hybridized carbons (Fsp3) is 0.231. The first-order valence-corrected chi connectivity index (χ1v) is 11.0. The van der Waals surface area contributed by atoms with Gasteiger partial charge in [0.05, 0.1) is 0 Å². The van der Waals surface area contributed by atoms with Crippen LogP contribution in [-0.4, -0.2) is 40.7 Å². The summed E-state index contributed by atoms with van der Waals surface area (Å²) >= 11 is 0. The van der Waals surface area contributed by atoms with Crippen LogP contribution in [0.15, 0.2) is 73.1 Å². The summed E-state index contributed by atoms with van der Waals surface area (Å²) in [7, 11) is 0. The van der Waals surface area contributed by atoms with E-state index in [1.54, 1.807) is 24.5 Å². The monoisotopic (exact) mass is 459 g/mol.